The van der Waals surface area contributed by atoms with Crippen LogP contribution < -0.4 is 0 Å². The van der Waals surface area contributed by atoms with Gasteiger partial charge in [0.15, 0.2) is 0 Å². The van der Waals surface area contributed by atoms with Crippen LogP contribution in [-0.2, 0) is 0 Å². The second-order valence-electron chi connectivity index (χ2n) is 7.43. The zero-order chi connectivity index (χ0) is 14.3. The molecule has 0 aromatic carbocycles. The monoisotopic (exact) mass is 269 g/mol. The van der Waals surface area contributed by atoms with Crippen LogP contribution in [0.3, 0.4) is 0 Å². The Bertz CT molecular complexity index is 219. The lowest BCUT2D eigenvalue weighted by Gasteiger charge is -2.37. The molecular weight excluding hydrogens is 234 g/mol. The quantitative estimate of drug-likeness (QED) is 0.718. The number of hydrogen-bond donors (Lipinski definition) is 1. The third kappa shape index (κ3) is 7.31. The molecule has 1 N–H and O–H groups in total. The number of hydrogen-bond acceptors (Lipinski definition) is 2. The van der Waals surface area contributed by atoms with Crippen LogP contribution in [-0.4, -0.2) is 35.2 Å². The standard InChI is InChI=1S/C17H35NO/c1-15(2)8-12-18(13-9-16(3)4)14-17(19)10-6-5-7-11-17/h15-16,19H,5-14H2,1-4H3. The SMILES string of the molecule is CC(C)CCN(CCC(C)C)CC1(O)CCCCC1. The Morgan fingerprint density at radius 1 is 0.895 bits per heavy atom. The van der Waals surface area contributed by atoms with Crippen LogP contribution in [0.15, 0.2) is 0 Å². The molecule has 0 aromatic rings. The fourth-order valence-electron chi connectivity index (χ4n) is 2.94. The second-order valence-corrected chi connectivity index (χ2v) is 7.43. The van der Waals surface area contributed by atoms with Crippen molar-refractivity contribution in [3.63, 3.8) is 0 Å². The lowest BCUT2D eigenvalue weighted by Crippen LogP contribution is -2.45. The van der Waals surface area contributed by atoms with Gasteiger partial charge in [-0.3, -0.25) is 0 Å². The van der Waals surface area contributed by atoms with Gasteiger partial charge in [0.1, 0.15) is 0 Å². The largest absolute Gasteiger partial charge is 0.389 e. The highest BCUT2D eigenvalue weighted by Crippen LogP contribution is 2.29. The average molecular weight is 269 g/mol. The van der Waals surface area contributed by atoms with E-state index >= 15 is 0 Å². The molecule has 0 aromatic heterocycles. The molecule has 1 rings (SSSR count). The van der Waals surface area contributed by atoms with Crippen LogP contribution in [0.5, 0.6) is 0 Å². The van der Waals surface area contributed by atoms with Crippen LogP contribution in [0.4, 0.5) is 0 Å². The van der Waals surface area contributed by atoms with E-state index in [1.165, 1.54) is 32.1 Å². The normalized spacial score (nSPS) is 19.6. The van der Waals surface area contributed by atoms with Gasteiger partial charge >= 0.3 is 0 Å². The molecule has 0 bridgehead atoms. The average Bonchev–Trinajstić information content (AvgIpc) is 2.33. The van der Waals surface area contributed by atoms with Gasteiger partial charge in [0.25, 0.3) is 0 Å². The maximum atomic E-state index is 10.7. The van der Waals surface area contributed by atoms with Crippen molar-refractivity contribution < 1.29 is 5.11 Å². The summed E-state index contributed by atoms with van der Waals surface area (Å²) in [5.41, 5.74) is -0.397. The van der Waals surface area contributed by atoms with E-state index in [1.807, 2.05) is 0 Å². The molecule has 114 valence electrons. The molecule has 1 fully saturated rings. The minimum absolute atomic E-state index is 0.397. The highest BCUT2D eigenvalue weighted by atomic mass is 16.3. The number of aliphatic hydroxyl groups is 1. The van der Waals surface area contributed by atoms with Crippen LogP contribution >= 0.6 is 0 Å². The van der Waals surface area contributed by atoms with Crippen molar-refractivity contribution in [2.24, 2.45) is 11.8 Å². The van der Waals surface area contributed by atoms with E-state index in [2.05, 4.69) is 32.6 Å². The summed E-state index contributed by atoms with van der Waals surface area (Å²) < 4.78 is 0. The smallest absolute Gasteiger partial charge is 0.0774 e. The van der Waals surface area contributed by atoms with E-state index in [9.17, 15) is 5.11 Å². The fourth-order valence-corrected chi connectivity index (χ4v) is 2.94. The van der Waals surface area contributed by atoms with E-state index in [0.717, 1.165) is 44.3 Å². The summed E-state index contributed by atoms with van der Waals surface area (Å²) in [5.74, 6) is 1.50. The molecule has 0 amide bonds. The van der Waals surface area contributed by atoms with E-state index in [-0.39, 0.29) is 0 Å². The lowest BCUT2D eigenvalue weighted by molar-refractivity contribution is -0.0277. The summed E-state index contributed by atoms with van der Waals surface area (Å²) in [6.45, 7) is 12.3. The summed E-state index contributed by atoms with van der Waals surface area (Å²) in [4.78, 5) is 2.52. The van der Waals surface area contributed by atoms with Gasteiger partial charge in [-0.15, -0.1) is 0 Å². The number of rotatable bonds is 8. The van der Waals surface area contributed by atoms with E-state index < -0.39 is 5.60 Å². The first-order chi connectivity index (χ1) is 8.91. The van der Waals surface area contributed by atoms with Gasteiger partial charge in [-0.05, 0) is 50.6 Å². The van der Waals surface area contributed by atoms with E-state index in [1.54, 1.807) is 0 Å². The second kappa shape index (κ2) is 8.26. The third-order valence-electron chi connectivity index (χ3n) is 4.35. The molecule has 0 radical (unpaired) electrons. The molecule has 2 heteroatoms. The first-order valence-corrected chi connectivity index (χ1v) is 8.36. The molecule has 19 heavy (non-hydrogen) atoms. The molecule has 1 saturated carbocycles. The Balaban J connectivity index is 2.46. The van der Waals surface area contributed by atoms with E-state index in [4.69, 9.17) is 0 Å². The maximum absolute atomic E-state index is 10.7. The van der Waals surface area contributed by atoms with Crippen molar-refractivity contribution in [2.75, 3.05) is 19.6 Å². The maximum Gasteiger partial charge on any atom is 0.0774 e. The fraction of sp³-hybridized carbons (Fsp3) is 1.00. The van der Waals surface area contributed by atoms with Crippen molar-refractivity contribution in [1.29, 1.82) is 0 Å². The van der Waals surface area contributed by atoms with Gasteiger partial charge in [0, 0.05) is 6.54 Å². The molecule has 0 spiro atoms. The third-order valence-corrected chi connectivity index (χ3v) is 4.35. The Morgan fingerprint density at radius 3 is 1.79 bits per heavy atom. The molecule has 0 heterocycles. The van der Waals surface area contributed by atoms with Gasteiger partial charge in [0.05, 0.1) is 5.60 Å². The first kappa shape index (κ1) is 17.0. The lowest BCUT2D eigenvalue weighted by atomic mass is 9.84. The molecule has 1 aliphatic rings. The highest BCUT2D eigenvalue weighted by Gasteiger charge is 2.31. The Kier molecular flexibility index (Phi) is 7.38. The summed E-state index contributed by atoms with van der Waals surface area (Å²) in [6.07, 6.45) is 8.22. The molecule has 0 saturated heterocycles. The van der Waals surface area contributed by atoms with Crippen LogP contribution in [0, 0.1) is 11.8 Å². The van der Waals surface area contributed by atoms with Gasteiger partial charge < -0.3 is 10.0 Å². The van der Waals surface area contributed by atoms with Gasteiger partial charge in [-0.2, -0.15) is 0 Å². The van der Waals surface area contributed by atoms with Crippen LogP contribution in [0.1, 0.15) is 72.6 Å². The van der Waals surface area contributed by atoms with E-state index in [0.29, 0.717) is 0 Å². The topological polar surface area (TPSA) is 23.5 Å². The predicted molar refractivity (Wildman–Crippen MR) is 83.4 cm³/mol. The van der Waals surface area contributed by atoms with Crippen LogP contribution in [0.25, 0.3) is 0 Å². The molecule has 0 atom stereocenters. The first-order valence-electron chi connectivity index (χ1n) is 8.36. The van der Waals surface area contributed by atoms with Crippen molar-refractivity contribution in [3.05, 3.63) is 0 Å². The summed E-state index contributed by atoms with van der Waals surface area (Å²) >= 11 is 0. The van der Waals surface area contributed by atoms with Gasteiger partial charge in [0.2, 0.25) is 0 Å². The van der Waals surface area contributed by atoms with Gasteiger partial charge in [-0.25, -0.2) is 0 Å². The van der Waals surface area contributed by atoms with Crippen LogP contribution in [0.2, 0.25) is 0 Å². The molecule has 2 nitrogen and oxygen atoms in total. The molecule has 1 aliphatic carbocycles. The molecule has 0 unspecified atom stereocenters. The minimum atomic E-state index is -0.397. The molecule has 0 aliphatic heterocycles. The zero-order valence-corrected chi connectivity index (χ0v) is 13.6. The number of nitrogens with zero attached hydrogens (tertiary/aromatic N) is 1. The molecular formula is C17H35NO. The Labute approximate surface area is 120 Å². The summed E-state index contributed by atoms with van der Waals surface area (Å²) in [6, 6.07) is 0. The summed E-state index contributed by atoms with van der Waals surface area (Å²) in [5, 5.41) is 10.7. The predicted octanol–water partition coefficient (Wildman–Crippen LogP) is 4.08. The van der Waals surface area contributed by atoms with Crippen molar-refractivity contribution in [1.82, 2.24) is 4.90 Å². The Morgan fingerprint density at radius 2 is 1.37 bits per heavy atom. The zero-order valence-electron chi connectivity index (χ0n) is 13.6. The summed E-state index contributed by atoms with van der Waals surface area (Å²) in [7, 11) is 0. The Hall–Kier alpha value is -0.0800. The van der Waals surface area contributed by atoms with Crippen molar-refractivity contribution >= 4 is 0 Å². The highest BCUT2D eigenvalue weighted by molar-refractivity contribution is 4.85. The minimum Gasteiger partial charge on any atom is -0.389 e. The van der Waals surface area contributed by atoms with Crippen molar-refractivity contribution in [3.8, 4) is 0 Å². The van der Waals surface area contributed by atoms with Gasteiger partial charge in [-0.1, -0.05) is 47.0 Å². The van der Waals surface area contributed by atoms with Crippen molar-refractivity contribution in [2.45, 2.75) is 78.2 Å².